The van der Waals surface area contributed by atoms with Gasteiger partial charge < -0.3 is 19.9 Å². The quantitative estimate of drug-likeness (QED) is 0.261. The van der Waals surface area contributed by atoms with Crippen molar-refractivity contribution in [2.75, 3.05) is 20.1 Å². The van der Waals surface area contributed by atoms with Crippen molar-refractivity contribution in [1.29, 1.82) is 0 Å². The van der Waals surface area contributed by atoms with Crippen LogP contribution in [0, 0.1) is 31.4 Å². The summed E-state index contributed by atoms with van der Waals surface area (Å²) < 4.78 is 74.4. The fraction of sp³-hybridized carbons (Fsp3) is 0.513. The Morgan fingerprint density at radius 3 is 2.29 bits per heavy atom. The Bertz CT molecular complexity index is 1810. The molecule has 0 radical (unpaired) electrons. The van der Waals surface area contributed by atoms with E-state index in [2.05, 4.69) is 10.2 Å². The molecule has 276 valence electrons. The number of hydrogen-bond donors (Lipinski definition) is 2. The lowest BCUT2D eigenvalue weighted by Crippen LogP contribution is -2.40. The Balaban J connectivity index is 1.60. The topological polar surface area (TPSA) is 91.6 Å². The molecular formula is C39H46F5N3O4. The molecule has 7 nitrogen and oxygen atoms in total. The number of carbonyl (C=O) groups excluding carboxylic acids is 1. The molecule has 0 unspecified atom stereocenters. The number of fused-ring (bicyclic) bond motifs is 4. The van der Waals surface area contributed by atoms with E-state index >= 15 is 4.39 Å². The number of amides is 1. The lowest BCUT2D eigenvalue weighted by Gasteiger charge is -2.30. The molecule has 2 aromatic carbocycles. The molecule has 1 saturated heterocycles. The fourth-order valence-corrected chi connectivity index (χ4v) is 7.72. The minimum Gasteiger partial charge on any atom is -0.481 e. The van der Waals surface area contributed by atoms with E-state index in [0.717, 1.165) is 48.7 Å². The number of likely N-dealkylation sites (tertiary alicyclic amines) is 1. The van der Waals surface area contributed by atoms with Crippen LogP contribution in [0.25, 0.3) is 11.1 Å². The van der Waals surface area contributed by atoms with Crippen LogP contribution in [0.5, 0.6) is 0 Å². The first-order valence-corrected chi connectivity index (χ1v) is 17.7. The molecule has 3 heterocycles. The monoisotopic (exact) mass is 715 g/mol. The second-order valence-electron chi connectivity index (χ2n) is 14.3. The lowest BCUT2D eigenvalue weighted by atomic mass is 9.88. The van der Waals surface area contributed by atoms with Crippen LogP contribution in [0.3, 0.4) is 0 Å². The summed E-state index contributed by atoms with van der Waals surface area (Å²) in [5.41, 5.74) is 0.626. The van der Waals surface area contributed by atoms with Crippen LogP contribution in [0.15, 0.2) is 41.3 Å². The highest BCUT2D eigenvalue weighted by Crippen LogP contribution is 2.37. The number of rotatable bonds is 5. The normalized spacial score (nSPS) is 20.1. The molecule has 2 N–H and O–H groups in total. The minimum absolute atomic E-state index is 0.0391. The van der Waals surface area contributed by atoms with E-state index in [1.165, 1.54) is 25.1 Å². The highest BCUT2D eigenvalue weighted by molar-refractivity contribution is 5.82. The number of nitrogens with one attached hydrogen (secondary N) is 1. The summed E-state index contributed by atoms with van der Waals surface area (Å²) in [6.07, 6.45) is 1.19. The number of hydrogen-bond acceptors (Lipinski definition) is 4. The molecule has 1 aromatic heterocycles. The fourth-order valence-electron chi connectivity index (χ4n) is 7.72. The van der Waals surface area contributed by atoms with Crippen LogP contribution < -0.4 is 10.9 Å². The van der Waals surface area contributed by atoms with Crippen molar-refractivity contribution in [3.8, 4) is 11.1 Å². The van der Waals surface area contributed by atoms with E-state index in [9.17, 15) is 37.1 Å². The van der Waals surface area contributed by atoms with Crippen molar-refractivity contribution in [2.24, 2.45) is 5.92 Å². The number of carboxylic acids is 1. The van der Waals surface area contributed by atoms with Gasteiger partial charge in [-0.25, -0.2) is 8.78 Å². The molecule has 12 heteroatoms. The highest BCUT2D eigenvalue weighted by Gasteiger charge is 2.37. The van der Waals surface area contributed by atoms with Gasteiger partial charge in [-0.3, -0.25) is 14.4 Å². The number of halogens is 5. The van der Waals surface area contributed by atoms with Gasteiger partial charge in [-0.1, -0.05) is 25.7 Å². The molecular weight excluding hydrogens is 669 g/mol. The van der Waals surface area contributed by atoms with Crippen LogP contribution in [-0.2, 0) is 28.6 Å². The smallest absolute Gasteiger partial charge is 0.416 e. The Morgan fingerprint density at radius 2 is 1.61 bits per heavy atom. The molecule has 0 aliphatic carbocycles. The van der Waals surface area contributed by atoms with Crippen molar-refractivity contribution >= 4 is 11.9 Å². The Morgan fingerprint density at radius 1 is 0.922 bits per heavy atom. The number of pyridine rings is 1. The first-order valence-electron chi connectivity index (χ1n) is 17.7. The van der Waals surface area contributed by atoms with Crippen molar-refractivity contribution in [2.45, 2.75) is 103 Å². The standard InChI is InChI=1S/C39H46F5N3O4/c1-23-16-29(40)18-26-9-7-5-4-6-8-10-33(38(51)45-32(21-35(49)50)30-19-27(36(23)26)15-24(2)37(30)41)47-22-28(17-25-11-13-46(3)14-12-25)31(20-34(47)48)39(42,43)44/h15-16,18-20,22,25,32-33H,4-14,17,21H2,1-3H3,(H,45,51)(H,49,50)/t32-,33-/m0/s1. The van der Waals surface area contributed by atoms with Crippen LogP contribution >= 0.6 is 0 Å². The zero-order valence-electron chi connectivity index (χ0n) is 29.3. The van der Waals surface area contributed by atoms with Crippen LogP contribution in [0.4, 0.5) is 22.0 Å². The van der Waals surface area contributed by atoms with E-state index in [1.54, 1.807) is 13.0 Å². The van der Waals surface area contributed by atoms with Crippen LogP contribution in [0.2, 0.25) is 0 Å². The third-order valence-electron chi connectivity index (χ3n) is 10.4. The number of aliphatic carboxylic acids is 1. The summed E-state index contributed by atoms with van der Waals surface area (Å²) in [4.78, 5) is 41.9. The predicted molar refractivity (Wildman–Crippen MR) is 184 cm³/mol. The summed E-state index contributed by atoms with van der Waals surface area (Å²) >= 11 is 0. The highest BCUT2D eigenvalue weighted by atomic mass is 19.4. The summed E-state index contributed by atoms with van der Waals surface area (Å²) in [5.74, 6) is -3.27. The molecule has 1 fully saturated rings. The van der Waals surface area contributed by atoms with E-state index < -0.39 is 59.3 Å². The zero-order chi connectivity index (χ0) is 37.0. The summed E-state index contributed by atoms with van der Waals surface area (Å²) in [5, 5.41) is 12.6. The number of aryl methyl sites for hydroxylation is 3. The average molecular weight is 716 g/mol. The van der Waals surface area contributed by atoms with E-state index in [0.29, 0.717) is 54.9 Å². The van der Waals surface area contributed by atoms with Crippen LogP contribution in [-0.4, -0.2) is 46.6 Å². The Kier molecular flexibility index (Phi) is 12.0. The zero-order valence-corrected chi connectivity index (χ0v) is 29.3. The lowest BCUT2D eigenvalue weighted by molar-refractivity contribution is -0.139. The van der Waals surface area contributed by atoms with E-state index in [4.69, 9.17) is 0 Å². The summed E-state index contributed by atoms with van der Waals surface area (Å²) in [6, 6.07) is 3.86. The largest absolute Gasteiger partial charge is 0.481 e. The average Bonchev–Trinajstić information content (AvgIpc) is 3.04. The van der Waals surface area contributed by atoms with Gasteiger partial charge in [-0.15, -0.1) is 0 Å². The summed E-state index contributed by atoms with van der Waals surface area (Å²) in [6.45, 7) is 4.75. The molecule has 2 atom stereocenters. The Hall–Kier alpha value is -4.06. The number of carbonyl (C=O) groups is 2. The first-order chi connectivity index (χ1) is 24.1. The molecule has 51 heavy (non-hydrogen) atoms. The molecule has 2 aliphatic heterocycles. The molecule has 0 spiro atoms. The number of benzene rings is 2. The summed E-state index contributed by atoms with van der Waals surface area (Å²) in [7, 11) is 1.95. The van der Waals surface area contributed by atoms with E-state index in [-0.39, 0.29) is 35.4 Å². The van der Waals surface area contributed by atoms with Gasteiger partial charge >= 0.3 is 12.1 Å². The molecule has 2 bridgehead atoms. The van der Waals surface area contributed by atoms with E-state index in [1.807, 2.05) is 7.05 Å². The SMILES string of the molecule is Cc1cc2cc(c1F)[C@H](CC(=O)O)NC(=O)[C@@H](n1cc(CC3CCN(C)CC3)c(C(F)(F)F)cc1=O)CCCCCCCc1cc(F)cc(C)c1-2. The number of aromatic nitrogens is 1. The van der Waals surface area contributed by atoms with Crippen LogP contribution in [0.1, 0.15) is 103 Å². The maximum absolute atomic E-state index is 15.9. The molecule has 2 aliphatic rings. The van der Waals surface area contributed by atoms with Gasteiger partial charge in [0.05, 0.1) is 18.0 Å². The van der Waals surface area contributed by atoms with Crippen molar-refractivity contribution < 1.29 is 36.6 Å². The van der Waals surface area contributed by atoms with Gasteiger partial charge in [-0.2, -0.15) is 13.2 Å². The maximum atomic E-state index is 15.9. The molecule has 0 saturated carbocycles. The second-order valence-corrected chi connectivity index (χ2v) is 14.3. The van der Waals surface area contributed by atoms with Gasteiger partial charge in [0.2, 0.25) is 5.91 Å². The molecule has 1 amide bonds. The van der Waals surface area contributed by atoms with Crippen molar-refractivity contribution in [3.05, 3.63) is 91.9 Å². The maximum Gasteiger partial charge on any atom is 0.416 e. The minimum atomic E-state index is -4.78. The van der Waals surface area contributed by atoms with Gasteiger partial charge in [0.25, 0.3) is 5.56 Å². The predicted octanol–water partition coefficient (Wildman–Crippen LogP) is 8.08. The molecule has 5 rings (SSSR count). The van der Waals surface area contributed by atoms with Gasteiger partial charge in [-0.05, 0) is 136 Å². The van der Waals surface area contributed by atoms with Gasteiger partial charge in [0.15, 0.2) is 0 Å². The Labute approximate surface area is 294 Å². The third kappa shape index (κ3) is 9.25. The number of piperidine rings is 1. The van der Waals surface area contributed by atoms with Crippen molar-refractivity contribution in [1.82, 2.24) is 14.8 Å². The van der Waals surface area contributed by atoms with Gasteiger partial charge in [0, 0.05) is 17.8 Å². The first kappa shape index (κ1) is 38.2. The number of alkyl halides is 3. The van der Waals surface area contributed by atoms with Crippen molar-refractivity contribution in [3.63, 3.8) is 0 Å². The molecule has 3 aromatic rings. The number of nitrogens with zero attached hydrogens (tertiary/aromatic N) is 2. The number of carboxylic acid groups (broad SMARTS) is 1. The second kappa shape index (κ2) is 16.1. The van der Waals surface area contributed by atoms with Gasteiger partial charge in [0.1, 0.15) is 17.7 Å². The third-order valence-corrected chi connectivity index (χ3v) is 10.4.